The van der Waals surface area contributed by atoms with E-state index < -0.39 is 5.97 Å². The van der Waals surface area contributed by atoms with Gasteiger partial charge in [0.2, 0.25) is 0 Å². The summed E-state index contributed by atoms with van der Waals surface area (Å²) >= 11 is 1.65. The minimum absolute atomic E-state index is 0.0455. The van der Waals surface area contributed by atoms with Gasteiger partial charge in [0.1, 0.15) is 10.7 Å². The SMILES string of the molecule is CCCc1nc2sc3c(c2c(=O)n1CCC(=O)O)CCCC3. The monoisotopic (exact) mass is 320 g/mol. The van der Waals surface area contributed by atoms with Crippen molar-refractivity contribution in [1.82, 2.24) is 9.55 Å². The van der Waals surface area contributed by atoms with Gasteiger partial charge in [-0.3, -0.25) is 14.2 Å². The smallest absolute Gasteiger partial charge is 0.305 e. The van der Waals surface area contributed by atoms with Crippen LogP contribution in [0.15, 0.2) is 4.79 Å². The summed E-state index contributed by atoms with van der Waals surface area (Å²) in [4.78, 5) is 30.6. The third kappa shape index (κ3) is 2.67. The molecule has 22 heavy (non-hydrogen) atoms. The van der Waals surface area contributed by atoms with Gasteiger partial charge in [-0.15, -0.1) is 11.3 Å². The maximum atomic E-state index is 12.9. The van der Waals surface area contributed by atoms with Gasteiger partial charge in [-0.05, 0) is 37.7 Å². The van der Waals surface area contributed by atoms with Crippen molar-refractivity contribution in [2.45, 2.75) is 58.4 Å². The summed E-state index contributed by atoms with van der Waals surface area (Å²) in [7, 11) is 0. The van der Waals surface area contributed by atoms with Crippen molar-refractivity contribution >= 4 is 27.5 Å². The predicted octanol–water partition coefficient (Wildman–Crippen LogP) is 2.76. The number of rotatable bonds is 5. The molecule has 118 valence electrons. The van der Waals surface area contributed by atoms with E-state index in [-0.39, 0.29) is 18.5 Å². The third-order valence-electron chi connectivity index (χ3n) is 4.18. The van der Waals surface area contributed by atoms with Crippen LogP contribution in [0.1, 0.15) is 48.9 Å². The van der Waals surface area contributed by atoms with Crippen LogP contribution in [0.5, 0.6) is 0 Å². The standard InChI is InChI=1S/C16H20N2O3S/c1-2-5-12-17-15-14(10-6-3-4-7-11(10)22-15)16(21)18(12)9-8-13(19)20/h2-9H2,1H3,(H,19,20). The number of hydrogen-bond donors (Lipinski definition) is 1. The van der Waals surface area contributed by atoms with Gasteiger partial charge in [-0.2, -0.15) is 0 Å². The van der Waals surface area contributed by atoms with Crippen LogP contribution in [0.4, 0.5) is 0 Å². The summed E-state index contributed by atoms with van der Waals surface area (Å²) in [5, 5.41) is 9.66. The molecule has 0 saturated carbocycles. The Balaban J connectivity index is 2.17. The fourth-order valence-electron chi connectivity index (χ4n) is 3.13. The molecule has 0 saturated heterocycles. The molecule has 6 heteroatoms. The molecule has 2 heterocycles. The molecule has 0 aromatic carbocycles. The van der Waals surface area contributed by atoms with Crippen LogP contribution < -0.4 is 5.56 Å². The second kappa shape index (κ2) is 6.20. The number of thiophene rings is 1. The van der Waals surface area contributed by atoms with Crippen molar-refractivity contribution in [1.29, 1.82) is 0 Å². The molecule has 0 bridgehead atoms. The van der Waals surface area contributed by atoms with Crippen molar-refractivity contribution in [3.05, 3.63) is 26.6 Å². The van der Waals surface area contributed by atoms with E-state index in [2.05, 4.69) is 0 Å². The average molecular weight is 320 g/mol. The lowest BCUT2D eigenvalue weighted by atomic mass is 9.97. The van der Waals surface area contributed by atoms with Gasteiger partial charge in [0, 0.05) is 17.8 Å². The molecule has 1 N–H and O–H groups in total. The Morgan fingerprint density at radius 1 is 1.36 bits per heavy atom. The minimum Gasteiger partial charge on any atom is -0.481 e. The van der Waals surface area contributed by atoms with E-state index in [1.165, 1.54) is 11.3 Å². The van der Waals surface area contributed by atoms with Crippen LogP contribution >= 0.6 is 11.3 Å². The largest absolute Gasteiger partial charge is 0.481 e. The second-order valence-corrected chi connectivity index (χ2v) is 6.85. The average Bonchev–Trinajstić information content (AvgIpc) is 2.85. The Bertz CT molecular complexity index is 776. The van der Waals surface area contributed by atoms with Crippen LogP contribution in [0.3, 0.4) is 0 Å². The maximum Gasteiger partial charge on any atom is 0.305 e. The van der Waals surface area contributed by atoms with Crippen molar-refractivity contribution in [2.24, 2.45) is 0 Å². The van der Waals surface area contributed by atoms with E-state index in [9.17, 15) is 9.59 Å². The van der Waals surface area contributed by atoms with Crippen LogP contribution in [-0.2, 0) is 30.6 Å². The molecule has 1 aliphatic carbocycles. The van der Waals surface area contributed by atoms with Crippen molar-refractivity contribution in [3.63, 3.8) is 0 Å². The normalized spacial score (nSPS) is 14.2. The highest BCUT2D eigenvalue weighted by molar-refractivity contribution is 7.18. The Hall–Kier alpha value is -1.69. The van der Waals surface area contributed by atoms with E-state index in [1.807, 2.05) is 6.92 Å². The molecule has 3 rings (SSSR count). The topological polar surface area (TPSA) is 72.2 Å². The summed E-state index contributed by atoms with van der Waals surface area (Å²) in [5.41, 5.74) is 1.12. The molecule has 0 aliphatic heterocycles. The van der Waals surface area contributed by atoms with Gasteiger partial charge in [-0.25, -0.2) is 4.98 Å². The molecule has 0 radical (unpaired) electrons. The number of hydrogen-bond acceptors (Lipinski definition) is 4. The van der Waals surface area contributed by atoms with Gasteiger partial charge < -0.3 is 5.11 Å². The van der Waals surface area contributed by atoms with Crippen LogP contribution in [0.25, 0.3) is 10.2 Å². The summed E-state index contributed by atoms with van der Waals surface area (Å²) in [6, 6.07) is 0. The lowest BCUT2D eigenvalue weighted by molar-refractivity contribution is -0.137. The molecule has 0 fully saturated rings. The molecule has 0 atom stereocenters. The zero-order valence-electron chi connectivity index (χ0n) is 12.7. The lowest BCUT2D eigenvalue weighted by Crippen LogP contribution is -2.26. The van der Waals surface area contributed by atoms with E-state index in [1.54, 1.807) is 15.9 Å². The van der Waals surface area contributed by atoms with Gasteiger partial charge in [0.25, 0.3) is 5.56 Å². The molecule has 2 aromatic rings. The molecule has 0 amide bonds. The van der Waals surface area contributed by atoms with Crippen molar-refractivity contribution in [3.8, 4) is 0 Å². The summed E-state index contributed by atoms with van der Waals surface area (Å²) in [6.07, 6.45) is 5.81. The maximum absolute atomic E-state index is 12.9. The summed E-state index contributed by atoms with van der Waals surface area (Å²) < 4.78 is 1.58. The quantitative estimate of drug-likeness (QED) is 0.919. The Kier molecular flexibility index (Phi) is 4.29. The summed E-state index contributed by atoms with van der Waals surface area (Å²) in [5.74, 6) is -0.165. The van der Waals surface area contributed by atoms with E-state index in [0.29, 0.717) is 6.42 Å². The zero-order valence-corrected chi connectivity index (χ0v) is 13.5. The van der Waals surface area contributed by atoms with Gasteiger partial charge >= 0.3 is 5.97 Å². The minimum atomic E-state index is -0.887. The first-order valence-electron chi connectivity index (χ1n) is 7.87. The molecular weight excluding hydrogens is 300 g/mol. The first kappa shape index (κ1) is 15.2. The Morgan fingerprint density at radius 3 is 2.86 bits per heavy atom. The number of aromatic nitrogens is 2. The molecule has 2 aromatic heterocycles. The molecule has 0 unspecified atom stereocenters. The second-order valence-electron chi connectivity index (χ2n) is 5.77. The number of aryl methyl sites for hydroxylation is 3. The Labute approximate surface area is 132 Å². The van der Waals surface area contributed by atoms with E-state index in [4.69, 9.17) is 10.1 Å². The zero-order chi connectivity index (χ0) is 15.7. The van der Waals surface area contributed by atoms with Crippen LogP contribution in [-0.4, -0.2) is 20.6 Å². The Morgan fingerprint density at radius 2 is 2.14 bits per heavy atom. The van der Waals surface area contributed by atoms with Gasteiger partial charge in [0.05, 0.1) is 11.8 Å². The number of fused-ring (bicyclic) bond motifs is 3. The first-order chi connectivity index (χ1) is 10.6. The number of carbonyl (C=O) groups is 1. The molecule has 0 spiro atoms. The third-order valence-corrected chi connectivity index (χ3v) is 5.36. The molecule has 1 aliphatic rings. The summed E-state index contributed by atoms with van der Waals surface area (Å²) in [6.45, 7) is 2.24. The highest BCUT2D eigenvalue weighted by Gasteiger charge is 2.21. The molecule has 5 nitrogen and oxygen atoms in total. The van der Waals surface area contributed by atoms with E-state index in [0.717, 1.165) is 47.3 Å². The van der Waals surface area contributed by atoms with Crippen molar-refractivity contribution < 1.29 is 9.90 Å². The predicted molar refractivity (Wildman–Crippen MR) is 86.8 cm³/mol. The highest BCUT2D eigenvalue weighted by Crippen LogP contribution is 2.33. The highest BCUT2D eigenvalue weighted by atomic mass is 32.1. The van der Waals surface area contributed by atoms with Gasteiger partial charge in [0.15, 0.2) is 0 Å². The van der Waals surface area contributed by atoms with Crippen LogP contribution in [0, 0.1) is 0 Å². The first-order valence-corrected chi connectivity index (χ1v) is 8.69. The van der Waals surface area contributed by atoms with Crippen molar-refractivity contribution in [2.75, 3.05) is 0 Å². The fourth-order valence-corrected chi connectivity index (χ4v) is 4.40. The number of carboxylic acids is 1. The van der Waals surface area contributed by atoms with Gasteiger partial charge in [-0.1, -0.05) is 6.92 Å². The number of nitrogens with zero attached hydrogens (tertiary/aromatic N) is 2. The number of aliphatic carboxylic acids is 1. The molecular formula is C16H20N2O3S. The lowest BCUT2D eigenvalue weighted by Gasteiger charge is -2.12. The van der Waals surface area contributed by atoms with E-state index >= 15 is 0 Å². The van der Waals surface area contributed by atoms with Crippen LogP contribution in [0.2, 0.25) is 0 Å². The number of carboxylic acid groups (broad SMARTS) is 1. The fraction of sp³-hybridized carbons (Fsp3) is 0.562.